The van der Waals surface area contributed by atoms with Crippen LogP contribution in [-0.2, 0) is 11.4 Å². The Morgan fingerprint density at radius 2 is 1.70 bits per heavy atom. The maximum atomic E-state index is 12.1. The summed E-state index contributed by atoms with van der Waals surface area (Å²) in [7, 11) is 1.44. The zero-order chi connectivity index (χ0) is 16.7. The summed E-state index contributed by atoms with van der Waals surface area (Å²) in [6.45, 7) is 1.47. The Hall–Kier alpha value is -2.82. The number of methoxy groups -OCH3 is 1. The SMILES string of the molecule is COCN1C(=O)NC2C1NC(=O)N2Cn1cc(C)c(=O)[nH]c1=O. The van der Waals surface area contributed by atoms with E-state index in [0.717, 1.165) is 0 Å². The van der Waals surface area contributed by atoms with E-state index in [1.165, 1.54) is 27.7 Å². The summed E-state index contributed by atoms with van der Waals surface area (Å²) < 4.78 is 6.14. The molecule has 3 heterocycles. The van der Waals surface area contributed by atoms with E-state index < -0.39 is 29.6 Å². The lowest BCUT2D eigenvalue weighted by atomic mass is 10.4. The Morgan fingerprint density at radius 3 is 2.35 bits per heavy atom. The first kappa shape index (κ1) is 15.1. The minimum absolute atomic E-state index is 0.0266. The lowest BCUT2D eigenvalue weighted by Gasteiger charge is -2.22. The Bertz CT molecular complexity index is 770. The molecule has 2 unspecified atom stereocenters. The van der Waals surface area contributed by atoms with Gasteiger partial charge in [0.2, 0.25) is 0 Å². The third-order valence-corrected chi connectivity index (χ3v) is 3.80. The Kier molecular flexibility index (Phi) is 3.56. The lowest BCUT2D eigenvalue weighted by Crippen LogP contribution is -2.46. The molecule has 0 aliphatic carbocycles. The molecule has 3 rings (SSSR count). The van der Waals surface area contributed by atoms with Crippen molar-refractivity contribution in [3.8, 4) is 0 Å². The van der Waals surface area contributed by atoms with Crippen LogP contribution in [0.3, 0.4) is 0 Å². The standard InChI is InChI=1S/C12H16N6O5/c1-6-3-16(10(20)15-9(6)19)4-17-7-8(14-11(17)21)18(5-23-2)12(22)13-7/h3,7-8H,4-5H2,1-2H3,(H,13,22)(H,14,21)(H,15,19,20). The quantitative estimate of drug-likeness (QED) is 0.596. The van der Waals surface area contributed by atoms with E-state index in [2.05, 4.69) is 15.6 Å². The van der Waals surface area contributed by atoms with Crippen LogP contribution in [0, 0.1) is 6.92 Å². The number of aromatic amines is 1. The first-order chi connectivity index (χ1) is 10.9. The fourth-order valence-corrected chi connectivity index (χ4v) is 2.64. The summed E-state index contributed by atoms with van der Waals surface area (Å²) in [5, 5.41) is 5.32. The van der Waals surface area contributed by atoms with Gasteiger partial charge in [-0.3, -0.25) is 24.1 Å². The molecule has 2 aliphatic rings. The molecule has 11 nitrogen and oxygen atoms in total. The molecule has 1 aromatic heterocycles. The van der Waals surface area contributed by atoms with Gasteiger partial charge in [-0.1, -0.05) is 0 Å². The lowest BCUT2D eigenvalue weighted by molar-refractivity contribution is 0.0659. The molecule has 2 saturated heterocycles. The van der Waals surface area contributed by atoms with Gasteiger partial charge in [0.25, 0.3) is 5.56 Å². The molecule has 2 aliphatic heterocycles. The van der Waals surface area contributed by atoms with Crippen molar-refractivity contribution < 1.29 is 14.3 Å². The topological polar surface area (TPSA) is 129 Å². The summed E-state index contributed by atoms with van der Waals surface area (Å²) >= 11 is 0. The van der Waals surface area contributed by atoms with Crippen molar-refractivity contribution >= 4 is 12.1 Å². The van der Waals surface area contributed by atoms with Gasteiger partial charge in [-0.05, 0) is 6.92 Å². The molecule has 3 N–H and O–H groups in total. The normalized spacial score (nSPS) is 23.0. The van der Waals surface area contributed by atoms with Crippen LogP contribution in [0.1, 0.15) is 5.56 Å². The largest absolute Gasteiger partial charge is 0.364 e. The minimum atomic E-state index is -0.635. The number of hydrogen-bond acceptors (Lipinski definition) is 5. The van der Waals surface area contributed by atoms with Crippen LogP contribution >= 0.6 is 0 Å². The number of carbonyl (C=O) groups excluding carboxylic acids is 2. The van der Waals surface area contributed by atoms with Gasteiger partial charge >= 0.3 is 17.8 Å². The molecule has 2 atom stereocenters. The number of H-pyrrole nitrogens is 1. The van der Waals surface area contributed by atoms with Gasteiger partial charge < -0.3 is 15.4 Å². The smallest absolute Gasteiger partial charge is 0.329 e. The fourth-order valence-electron chi connectivity index (χ4n) is 2.64. The van der Waals surface area contributed by atoms with Gasteiger partial charge in [0.1, 0.15) is 25.7 Å². The number of aryl methyl sites for hydroxylation is 1. The highest BCUT2D eigenvalue weighted by atomic mass is 16.5. The molecule has 0 saturated carbocycles. The number of carbonyl (C=O) groups is 2. The predicted octanol–water partition coefficient (Wildman–Crippen LogP) is -1.89. The van der Waals surface area contributed by atoms with E-state index in [0.29, 0.717) is 5.56 Å². The second kappa shape index (κ2) is 5.43. The van der Waals surface area contributed by atoms with Crippen molar-refractivity contribution in [3.05, 3.63) is 32.6 Å². The number of urea groups is 2. The van der Waals surface area contributed by atoms with Gasteiger partial charge in [-0.25, -0.2) is 14.4 Å². The monoisotopic (exact) mass is 324 g/mol. The number of aromatic nitrogens is 2. The summed E-state index contributed by atoms with van der Waals surface area (Å²) in [4.78, 5) is 52.1. The molecule has 1 aromatic rings. The van der Waals surface area contributed by atoms with Gasteiger partial charge in [0, 0.05) is 18.9 Å². The van der Waals surface area contributed by atoms with Crippen LogP contribution < -0.4 is 21.9 Å². The highest BCUT2D eigenvalue weighted by molar-refractivity contribution is 5.84. The maximum absolute atomic E-state index is 12.1. The molecule has 11 heteroatoms. The summed E-state index contributed by atoms with van der Waals surface area (Å²) in [6.07, 6.45) is 0.143. The van der Waals surface area contributed by atoms with E-state index in [4.69, 9.17) is 4.74 Å². The van der Waals surface area contributed by atoms with Crippen molar-refractivity contribution in [1.82, 2.24) is 30.0 Å². The van der Waals surface area contributed by atoms with Crippen molar-refractivity contribution in [2.75, 3.05) is 13.8 Å². The van der Waals surface area contributed by atoms with Crippen LogP contribution in [-0.4, -0.2) is 57.6 Å². The summed E-state index contributed by atoms with van der Waals surface area (Å²) in [5.41, 5.74) is -0.761. The molecule has 0 radical (unpaired) electrons. The molecule has 2 fully saturated rings. The first-order valence-corrected chi connectivity index (χ1v) is 6.86. The second-order valence-corrected chi connectivity index (χ2v) is 5.33. The molecule has 4 amide bonds. The minimum Gasteiger partial charge on any atom is -0.364 e. The first-order valence-electron chi connectivity index (χ1n) is 6.86. The predicted molar refractivity (Wildman–Crippen MR) is 76.3 cm³/mol. The van der Waals surface area contributed by atoms with E-state index >= 15 is 0 Å². The van der Waals surface area contributed by atoms with Crippen LogP contribution in [0.15, 0.2) is 15.8 Å². The number of amides is 4. The summed E-state index contributed by atoms with van der Waals surface area (Å²) in [6, 6.07) is -0.811. The molecule has 124 valence electrons. The van der Waals surface area contributed by atoms with E-state index in [-0.39, 0.29) is 19.4 Å². The molecule has 23 heavy (non-hydrogen) atoms. The van der Waals surface area contributed by atoms with Crippen LogP contribution in [0.5, 0.6) is 0 Å². The van der Waals surface area contributed by atoms with Crippen molar-refractivity contribution in [3.63, 3.8) is 0 Å². The van der Waals surface area contributed by atoms with Gasteiger partial charge in [0.05, 0.1) is 0 Å². The molecule has 0 spiro atoms. The number of nitrogens with one attached hydrogen (secondary N) is 3. The molecule has 0 aromatic carbocycles. The highest BCUT2D eigenvalue weighted by Crippen LogP contribution is 2.21. The van der Waals surface area contributed by atoms with Crippen molar-refractivity contribution in [1.29, 1.82) is 0 Å². The van der Waals surface area contributed by atoms with Crippen LogP contribution in [0.2, 0.25) is 0 Å². The van der Waals surface area contributed by atoms with Crippen molar-refractivity contribution in [2.45, 2.75) is 25.9 Å². The Morgan fingerprint density at radius 1 is 1.09 bits per heavy atom. The van der Waals surface area contributed by atoms with Crippen LogP contribution in [0.25, 0.3) is 0 Å². The average Bonchev–Trinajstić information content (AvgIpc) is 2.94. The van der Waals surface area contributed by atoms with Gasteiger partial charge in [-0.2, -0.15) is 0 Å². The third-order valence-electron chi connectivity index (χ3n) is 3.80. The second-order valence-electron chi connectivity index (χ2n) is 5.33. The number of hydrogen-bond donors (Lipinski definition) is 3. The Balaban J connectivity index is 1.86. The van der Waals surface area contributed by atoms with E-state index in [1.54, 1.807) is 6.92 Å². The highest BCUT2D eigenvalue weighted by Gasteiger charge is 2.50. The van der Waals surface area contributed by atoms with Crippen LogP contribution in [0.4, 0.5) is 9.59 Å². The third kappa shape index (κ3) is 2.44. The van der Waals surface area contributed by atoms with E-state index in [9.17, 15) is 19.2 Å². The molecule has 0 bridgehead atoms. The van der Waals surface area contributed by atoms with Crippen molar-refractivity contribution in [2.24, 2.45) is 0 Å². The maximum Gasteiger partial charge on any atom is 0.329 e. The number of ether oxygens (including phenoxy) is 1. The number of nitrogens with zero attached hydrogens (tertiary/aromatic N) is 3. The number of fused-ring (bicyclic) bond motifs is 1. The van der Waals surface area contributed by atoms with E-state index in [1.807, 2.05) is 0 Å². The van der Waals surface area contributed by atoms with Gasteiger partial charge in [0.15, 0.2) is 0 Å². The molecular formula is C12H16N6O5. The number of rotatable bonds is 4. The van der Waals surface area contributed by atoms with Gasteiger partial charge in [-0.15, -0.1) is 0 Å². The zero-order valence-electron chi connectivity index (χ0n) is 12.5. The Labute approximate surface area is 129 Å². The summed E-state index contributed by atoms with van der Waals surface area (Å²) in [5.74, 6) is 0. The fraction of sp³-hybridized carbons (Fsp3) is 0.500. The molecular weight excluding hydrogens is 308 g/mol. The zero-order valence-corrected chi connectivity index (χ0v) is 12.5. The average molecular weight is 324 g/mol.